The number of piperidine rings is 1. The van der Waals surface area contributed by atoms with Crippen LogP contribution in [-0.2, 0) is 0 Å². The summed E-state index contributed by atoms with van der Waals surface area (Å²) in [4.78, 5) is 15.1. The number of carbonyl (C=O) groups is 1. The molecule has 3 rings (SSSR count). The van der Waals surface area contributed by atoms with Gasteiger partial charge in [0.2, 0.25) is 0 Å². The third kappa shape index (κ3) is 4.68. The van der Waals surface area contributed by atoms with Crippen molar-refractivity contribution in [3.8, 4) is 11.1 Å². The van der Waals surface area contributed by atoms with Gasteiger partial charge in [-0.3, -0.25) is 4.79 Å². The second kappa shape index (κ2) is 9.00. The maximum absolute atomic E-state index is 12.6. The minimum Gasteiger partial charge on any atom is -0.303 e. The van der Waals surface area contributed by atoms with Gasteiger partial charge in [-0.1, -0.05) is 67.9 Å². The highest BCUT2D eigenvalue weighted by molar-refractivity contribution is 5.98. The van der Waals surface area contributed by atoms with Crippen LogP contribution in [0.5, 0.6) is 0 Å². The summed E-state index contributed by atoms with van der Waals surface area (Å²) in [6.45, 7) is 5.23. The number of Topliss-reactive ketones (excluding diaryl/α,β-unsaturated/α-hetero) is 1. The van der Waals surface area contributed by atoms with E-state index in [1.807, 2.05) is 30.3 Å². The topological polar surface area (TPSA) is 20.3 Å². The van der Waals surface area contributed by atoms with Crippen LogP contribution >= 0.6 is 12.4 Å². The first-order chi connectivity index (χ1) is 11.2. The molecule has 128 valence electrons. The van der Waals surface area contributed by atoms with Crippen LogP contribution in [0.15, 0.2) is 54.6 Å². The normalized spacial score (nSPS) is 16.2. The molecule has 0 radical (unpaired) electrons. The van der Waals surface area contributed by atoms with Crippen LogP contribution in [0.25, 0.3) is 11.1 Å². The van der Waals surface area contributed by atoms with E-state index in [1.165, 1.54) is 24.8 Å². The van der Waals surface area contributed by atoms with Crippen LogP contribution in [-0.4, -0.2) is 30.3 Å². The van der Waals surface area contributed by atoms with Crippen molar-refractivity contribution in [2.24, 2.45) is 5.92 Å². The maximum Gasteiger partial charge on any atom is 0.166 e. The van der Waals surface area contributed by atoms with Crippen molar-refractivity contribution in [3.63, 3.8) is 0 Å². The highest BCUT2D eigenvalue weighted by Crippen LogP contribution is 2.21. The zero-order valence-electron chi connectivity index (χ0n) is 14.3. The Morgan fingerprint density at radius 2 is 1.50 bits per heavy atom. The molecule has 24 heavy (non-hydrogen) atoms. The minimum absolute atomic E-state index is 0. The predicted molar refractivity (Wildman–Crippen MR) is 103 cm³/mol. The van der Waals surface area contributed by atoms with E-state index in [-0.39, 0.29) is 24.1 Å². The largest absolute Gasteiger partial charge is 0.303 e. The number of nitrogens with zero attached hydrogens (tertiary/aromatic N) is 1. The van der Waals surface area contributed by atoms with E-state index >= 15 is 0 Å². The first-order valence-electron chi connectivity index (χ1n) is 8.66. The van der Waals surface area contributed by atoms with Crippen molar-refractivity contribution in [3.05, 3.63) is 60.2 Å². The molecule has 2 aromatic carbocycles. The van der Waals surface area contributed by atoms with E-state index in [0.29, 0.717) is 0 Å². The summed E-state index contributed by atoms with van der Waals surface area (Å²) in [5, 5.41) is 0. The SMILES string of the molecule is CC(CN1CCCCC1)C(=O)c1ccc(-c2ccccc2)cc1.Cl. The lowest BCUT2D eigenvalue weighted by Crippen LogP contribution is -2.35. The summed E-state index contributed by atoms with van der Waals surface area (Å²) in [5.41, 5.74) is 3.17. The van der Waals surface area contributed by atoms with Gasteiger partial charge < -0.3 is 4.90 Å². The molecule has 1 aliphatic heterocycles. The van der Waals surface area contributed by atoms with Gasteiger partial charge in [0.15, 0.2) is 5.78 Å². The van der Waals surface area contributed by atoms with Crippen molar-refractivity contribution >= 4 is 18.2 Å². The number of halogens is 1. The van der Waals surface area contributed by atoms with Gasteiger partial charge in [0.25, 0.3) is 0 Å². The molecule has 0 saturated carbocycles. The number of rotatable bonds is 5. The number of hydrogen-bond acceptors (Lipinski definition) is 2. The molecule has 1 aliphatic rings. The first-order valence-corrected chi connectivity index (χ1v) is 8.66. The van der Waals surface area contributed by atoms with Crippen LogP contribution in [0, 0.1) is 5.92 Å². The minimum atomic E-state index is 0. The summed E-state index contributed by atoms with van der Waals surface area (Å²) in [7, 11) is 0. The average molecular weight is 344 g/mol. The summed E-state index contributed by atoms with van der Waals surface area (Å²) >= 11 is 0. The number of hydrogen-bond donors (Lipinski definition) is 0. The second-order valence-corrected chi connectivity index (χ2v) is 6.57. The Bertz CT molecular complexity index is 633. The number of ketones is 1. The Balaban J connectivity index is 0.00000208. The molecule has 0 bridgehead atoms. The van der Waals surface area contributed by atoms with E-state index in [2.05, 4.69) is 36.1 Å². The lowest BCUT2D eigenvalue weighted by atomic mass is 9.96. The fourth-order valence-electron chi connectivity index (χ4n) is 3.35. The highest BCUT2D eigenvalue weighted by Gasteiger charge is 2.19. The Hall–Kier alpha value is -1.64. The third-order valence-corrected chi connectivity index (χ3v) is 4.70. The fourth-order valence-corrected chi connectivity index (χ4v) is 3.35. The molecule has 1 unspecified atom stereocenters. The Morgan fingerprint density at radius 3 is 2.12 bits per heavy atom. The van der Waals surface area contributed by atoms with Gasteiger partial charge in [0.05, 0.1) is 0 Å². The molecule has 0 N–H and O–H groups in total. The van der Waals surface area contributed by atoms with Crippen molar-refractivity contribution in [2.45, 2.75) is 26.2 Å². The van der Waals surface area contributed by atoms with Gasteiger partial charge in [-0.05, 0) is 37.1 Å². The van der Waals surface area contributed by atoms with Gasteiger partial charge in [-0.15, -0.1) is 12.4 Å². The number of likely N-dealkylation sites (tertiary alicyclic amines) is 1. The molecule has 0 amide bonds. The number of benzene rings is 2. The van der Waals surface area contributed by atoms with Crippen LogP contribution < -0.4 is 0 Å². The van der Waals surface area contributed by atoms with Crippen LogP contribution in [0.1, 0.15) is 36.5 Å². The zero-order valence-corrected chi connectivity index (χ0v) is 15.1. The average Bonchev–Trinajstić information content (AvgIpc) is 2.63. The molecule has 2 nitrogen and oxygen atoms in total. The standard InChI is InChI=1S/C21H25NO.ClH/c1-17(16-22-14-6-3-7-15-22)21(23)20-12-10-19(11-13-20)18-8-4-2-5-9-18;/h2,4-5,8-13,17H,3,6-7,14-16H2,1H3;1H. The molecule has 3 heteroatoms. The zero-order chi connectivity index (χ0) is 16.1. The molecule has 0 aromatic heterocycles. The van der Waals surface area contributed by atoms with E-state index in [9.17, 15) is 4.79 Å². The van der Waals surface area contributed by atoms with E-state index in [0.717, 1.165) is 30.8 Å². The summed E-state index contributed by atoms with van der Waals surface area (Å²) in [6.07, 6.45) is 3.87. The molecular formula is C21H26ClNO. The predicted octanol–water partition coefficient (Wildman–Crippen LogP) is 5.08. The van der Waals surface area contributed by atoms with Crippen LogP contribution in [0.4, 0.5) is 0 Å². The first kappa shape index (κ1) is 18.7. The van der Waals surface area contributed by atoms with Gasteiger partial charge >= 0.3 is 0 Å². The van der Waals surface area contributed by atoms with Crippen molar-refractivity contribution in [1.29, 1.82) is 0 Å². The lowest BCUT2D eigenvalue weighted by Gasteiger charge is -2.28. The van der Waals surface area contributed by atoms with E-state index in [1.54, 1.807) is 0 Å². The Labute approximate surface area is 151 Å². The second-order valence-electron chi connectivity index (χ2n) is 6.57. The summed E-state index contributed by atoms with van der Waals surface area (Å²) < 4.78 is 0. The number of carbonyl (C=O) groups excluding carboxylic acids is 1. The molecule has 0 spiro atoms. The van der Waals surface area contributed by atoms with Crippen LogP contribution in [0.2, 0.25) is 0 Å². The summed E-state index contributed by atoms with van der Waals surface area (Å²) in [6, 6.07) is 18.3. The highest BCUT2D eigenvalue weighted by atomic mass is 35.5. The van der Waals surface area contributed by atoms with Crippen LogP contribution in [0.3, 0.4) is 0 Å². The summed E-state index contributed by atoms with van der Waals surface area (Å²) in [5.74, 6) is 0.325. The van der Waals surface area contributed by atoms with Gasteiger partial charge in [-0.25, -0.2) is 0 Å². The van der Waals surface area contributed by atoms with Gasteiger partial charge in [0.1, 0.15) is 0 Å². The molecule has 1 fully saturated rings. The van der Waals surface area contributed by atoms with E-state index in [4.69, 9.17) is 0 Å². The quantitative estimate of drug-likeness (QED) is 0.705. The lowest BCUT2D eigenvalue weighted by molar-refractivity contribution is 0.0883. The van der Waals surface area contributed by atoms with Gasteiger partial charge in [-0.2, -0.15) is 0 Å². The molecule has 1 heterocycles. The monoisotopic (exact) mass is 343 g/mol. The molecular weight excluding hydrogens is 318 g/mol. The third-order valence-electron chi connectivity index (χ3n) is 4.70. The molecule has 1 atom stereocenters. The fraction of sp³-hybridized carbons (Fsp3) is 0.381. The molecule has 2 aromatic rings. The Morgan fingerprint density at radius 1 is 0.917 bits per heavy atom. The maximum atomic E-state index is 12.6. The van der Waals surface area contributed by atoms with Crippen molar-refractivity contribution in [2.75, 3.05) is 19.6 Å². The van der Waals surface area contributed by atoms with Crippen molar-refractivity contribution < 1.29 is 4.79 Å². The Kier molecular flexibility index (Phi) is 7.01. The smallest absolute Gasteiger partial charge is 0.166 e. The van der Waals surface area contributed by atoms with Gasteiger partial charge in [0, 0.05) is 18.0 Å². The van der Waals surface area contributed by atoms with Crippen molar-refractivity contribution in [1.82, 2.24) is 4.90 Å². The van der Waals surface area contributed by atoms with E-state index < -0.39 is 0 Å². The molecule has 0 aliphatic carbocycles. The molecule has 1 saturated heterocycles.